The molecular formula is C34H39N5O7S2. The van der Waals surface area contributed by atoms with Gasteiger partial charge in [0.1, 0.15) is 39.9 Å². The fourth-order valence-electron chi connectivity index (χ4n) is 6.71. The summed E-state index contributed by atoms with van der Waals surface area (Å²) in [5.41, 5.74) is -0.114. The third-order valence-corrected chi connectivity index (χ3v) is 12.3. The summed E-state index contributed by atoms with van der Waals surface area (Å²) in [5, 5.41) is 5.68. The quantitative estimate of drug-likeness (QED) is 0.348. The number of hydrogen-bond acceptors (Lipinski definition) is 10. The third-order valence-electron chi connectivity index (χ3n) is 9.65. The second-order valence-electron chi connectivity index (χ2n) is 13.1. The maximum absolute atomic E-state index is 14.1. The first-order valence-electron chi connectivity index (χ1n) is 16.6. The summed E-state index contributed by atoms with van der Waals surface area (Å²) in [7, 11) is -2.23. The number of amides is 3. The highest BCUT2D eigenvalue weighted by Gasteiger charge is 2.62. The van der Waals surface area contributed by atoms with Gasteiger partial charge in [-0.1, -0.05) is 25.0 Å². The van der Waals surface area contributed by atoms with Crippen LogP contribution in [0.3, 0.4) is 0 Å². The molecule has 12 nitrogen and oxygen atoms in total. The molecule has 254 valence electrons. The van der Waals surface area contributed by atoms with E-state index in [1.807, 2.05) is 41.8 Å². The van der Waals surface area contributed by atoms with Crippen molar-refractivity contribution >= 4 is 50.0 Å². The van der Waals surface area contributed by atoms with Crippen LogP contribution in [0.15, 0.2) is 48.0 Å². The number of sulfonamides is 1. The van der Waals surface area contributed by atoms with Crippen molar-refractivity contribution in [2.45, 2.75) is 87.1 Å². The standard InChI is InChI=1S/C34H39N5O7S2/c1-45-22-10-13-25-26(16-22)36-27(32-35-14-15-47-32)18-29(25)46-23-17-28-31(41)37-34(33(42)38-48(43,44)24-11-12-24)19-21(34)8-6-4-2-3-5-7-9-30(40)39(28)20-23/h6,8,10,13-16,18,21,23-24,28H,2-5,7,9,11-12,17,19-20H2,1H3,(H,37,41)(H,38,42). The van der Waals surface area contributed by atoms with Gasteiger partial charge in [-0.05, 0) is 50.7 Å². The number of aromatic nitrogens is 2. The summed E-state index contributed by atoms with van der Waals surface area (Å²) in [4.78, 5) is 52.0. The molecule has 0 radical (unpaired) electrons. The van der Waals surface area contributed by atoms with Gasteiger partial charge in [-0.3, -0.25) is 19.1 Å². The Balaban J connectivity index is 1.17. The largest absolute Gasteiger partial charge is 0.497 e. The molecule has 4 heterocycles. The van der Waals surface area contributed by atoms with E-state index in [4.69, 9.17) is 14.5 Å². The van der Waals surface area contributed by atoms with E-state index in [1.165, 1.54) is 11.3 Å². The molecule has 48 heavy (non-hydrogen) atoms. The van der Waals surface area contributed by atoms with Gasteiger partial charge in [0.2, 0.25) is 21.8 Å². The van der Waals surface area contributed by atoms with Crippen molar-refractivity contribution in [3.8, 4) is 22.2 Å². The maximum atomic E-state index is 14.1. The molecule has 1 aromatic carbocycles. The molecule has 2 saturated carbocycles. The lowest BCUT2D eigenvalue weighted by atomic mass is 10.1. The fourth-order valence-corrected chi connectivity index (χ4v) is 8.67. The van der Waals surface area contributed by atoms with Gasteiger partial charge in [-0.15, -0.1) is 11.3 Å². The highest BCUT2D eigenvalue weighted by Crippen LogP contribution is 2.46. The zero-order valence-corrected chi connectivity index (χ0v) is 28.4. The maximum Gasteiger partial charge on any atom is 0.259 e. The lowest BCUT2D eigenvalue weighted by Crippen LogP contribution is -2.56. The minimum Gasteiger partial charge on any atom is -0.497 e. The van der Waals surface area contributed by atoms with E-state index in [2.05, 4.69) is 15.0 Å². The lowest BCUT2D eigenvalue weighted by Gasteiger charge is -2.26. The molecule has 0 spiro atoms. The van der Waals surface area contributed by atoms with Gasteiger partial charge in [-0.25, -0.2) is 18.4 Å². The van der Waals surface area contributed by atoms with E-state index in [0.29, 0.717) is 48.4 Å². The predicted molar refractivity (Wildman–Crippen MR) is 180 cm³/mol. The number of allylic oxidation sites excluding steroid dienone is 1. The fraction of sp³-hybridized carbons (Fsp3) is 0.500. The first-order chi connectivity index (χ1) is 23.2. The van der Waals surface area contributed by atoms with Crippen molar-refractivity contribution < 1.29 is 32.3 Å². The zero-order chi connectivity index (χ0) is 33.5. The van der Waals surface area contributed by atoms with Crippen molar-refractivity contribution in [1.82, 2.24) is 24.9 Å². The molecule has 3 aromatic rings. The minimum atomic E-state index is -3.82. The number of benzene rings is 1. The van der Waals surface area contributed by atoms with Crippen LogP contribution in [0.2, 0.25) is 0 Å². The lowest BCUT2D eigenvalue weighted by molar-refractivity contribution is -0.139. The number of nitrogens with one attached hydrogen (secondary N) is 2. The Morgan fingerprint density at radius 3 is 2.75 bits per heavy atom. The SMILES string of the molecule is COc1ccc2c(OC3CC4C(=O)NC5(C(=O)NS(=O)(=O)C6CC6)CC5C=CCCCCCCC(=O)N4C3)cc(-c3nccs3)nc2c1. The highest BCUT2D eigenvalue weighted by molar-refractivity contribution is 7.91. The third kappa shape index (κ3) is 6.64. The summed E-state index contributed by atoms with van der Waals surface area (Å²) in [6.07, 6.45) is 11.2. The van der Waals surface area contributed by atoms with Crippen LogP contribution in [-0.4, -0.2) is 77.6 Å². The summed E-state index contributed by atoms with van der Waals surface area (Å²) in [6.45, 7) is 0.183. The number of nitrogens with zero attached hydrogens (tertiary/aromatic N) is 3. The minimum absolute atomic E-state index is 0.149. The Bertz CT molecular complexity index is 1860. The van der Waals surface area contributed by atoms with Crippen LogP contribution in [0.25, 0.3) is 21.6 Å². The van der Waals surface area contributed by atoms with Gasteiger partial charge in [0.15, 0.2) is 0 Å². The predicted octanol–water partition coefficient (Wildman–Crippen LogP) is 4.11. The molecule has 1 saturated heterocycles. The van der Waals surface area contributed by atoms with Crippen molar-refractivity contribution in [1.29, 1.82) is 0 Å². The monoisotopic (exact) mass is 693 g/mol. The van der Waals surface area contributed by atoms with Gasteiger partial charge < -0.3 is 19.7 Å². The average molecular weight is 694 g/mol. The molecule has 3 fully saturated rings. The normalized spacial score (nSPS) is 26.5. The molecule has 4 unspecified atom stereocenters. The first-order valence-corrected chi connectivity index (χ1v) is 19.0. The molecule has 7 rings (SSSR count). The molecule has 2 aliphatic carbocycles. The summed E-state index contributed by atoms with van der Waals surface area (Å²) in [5.74, 6) is -0.526. The van der Waals surface area contributed by atoms with E-state index in [-0.39, 0.29) is 31.2 Å². The van der Waals surface area contributed by atoms with Gasteiger partial charge in [0, 0.05) is 47.9 Å². The number of thiazole rings is 1. The molecule has 4 atom stereocenters. The summed E-state index contributed by atoms with van der Waals surface area (Å²) in [6, 6.07) is 6.45. The number of pyridine rings is 1. The van der Waals surface area contributed by atoms with Gasteiger partial charge >= 0.3 is 0 Å². The number of carbonyl (C=O) groups is 3. The van der Waals surface area contributed by atoms with E-state index in [9.17, 15) is 22.8 Å². The average Bonchev–Trinajstić information content (AvgIpc) is 3.93. The molecule has 4 aliphatic rings. The number of ether oxygens (including phenoxy) is 2. The van der Waals surface area contributed by atoms with Crippen molar-refractivity contribution in [3.05, 3.63) is 48.0 Å². The Labute approximate surface area is 283 Å². The smallest absolute Gasteiger partial charge is 0.259 e. The van der Waals surface area contributed by atoms with Crippen LogP contribution in [-0.2, 0) is 24.4 Å². The highest BCUT2D eigenvalue weighted by atomic mass is 32.2. The van der Waals surface area contributed by atoms with Gasteiger partial charge in [-0.2, -0.15) is 0 Å². The summed E-state index contributed by atoms with van der Waals surface area (Å²) < 4.78 is 39.7. The molecule has 3 amide bonds. The molecule has 0 bridgehead atoms. The molecule has 2 aromatic heterocycles. The molecule has 14 heteroatoms. The van der Waals surface area contributed by atoms with Crippen LogP contribution < -0.4 is 19.5 Å². The van der Waals surface area contributed by atoms with E-state index < -0.39 is 44.8 Å². The van der Waals surface area contributed by atoms with Crippen molar-refractivity contribution in [3.63, 3.8) is 0 Å². The van der Waals surface area contributed by atoms with E-state index in [1.54, 1.807) is 18.2 Å². The van der Waals surface area contributed by atoms with Crippen LogP contribution >= 0.6 is 11.3 Å². The Morgan fingerprint density at radius 1 is 1.15 bits per heavy atom. The summed E-state index contributed by atoms with van der Waals surface area (Å²) >= 11 is 1.45. The van der Waals surface area contributed by atoms with Crippen molar-refractivity contribution in [2.75, 3.05) is 13.7 Å². The van der Waals surface area contributed by atoms with Crippen molar-refractivity contribution in [2.24, 2.45) is 5.92 Å². The van der Waals surface area contributed by atoms with E-state index in [0.717, 1.165) is 36.1 Å². The van der Waals surface area contributed by atoms with Crippen LogP contribution in [0.1, 0.15) is 64.2 Å². The topological polar surface area (TPSA) is 157 Å². The van der Waals surface area contributed by atoms with Crippen LogP contribution in [0.4, 0.5) is 0 Å². The first kappa shape index (κ1) is 32.5. The number of carbonyl (C=O) groups excluding carboxylic acids is 3. The Morgan fingerprint density at radius 2 is 1.98 bits per heavy atom. The van der Waals surface area contributed by atoms with Crippen LogP contribution in [0, 0.1) is 5.92 Å². The molecule has 2 N–H and O–H groups in total. The number of fused-ring (bicyclic) bond motifs is 3. The number of hydrogen-bond donors (Lipinski definition) is 2. The van der Waals surface area contributed by atoms with Gasteiger partial charge in [0.25, 0.3) is 5.91 Å². The second kappa shape index (κ2) is 13.1. The zero-order valence-electron chi connectivity index (χ0n) is 26.7. The Hall–Kier alpha value is -4.04. The number of rotatable bonds is 7. The molecule has 2 aliphatic heterocycles. The van der Waals surface area contributed by atoms with Crippen LogP contribution in [0.5, 0.6) is 11.5 Å². The van der Waals surface area contributed by atoms with E-state index >= 15 is 0 Å². The second-order valence-corrected chi connectivity index (χ2v) is 15.9. The molecular weight excluding hydrogens is 655 g/mol. The number of methoxy groups -OCH3 is 1. The Kier molecular flexibility index (Phi) is 8.88. The van der Waals surface area contributed by atoms with Gasteiger partial charge in [0.05, 0.1) is 24.4 Å².